The number of fused-ring (bicyclic) bond motifs is 4. The van der Waals surface area contributed by atoms with Crippen molar-refractivity contribution in [2.75, 3.05) is 13.7 Å². The largest absolute Gasteiger partial charge is 0.497 e. The highest BCUT2D eigenvalue weighted by molar-refractivity contribution is 6.62. The van der Waals surface area contributed by atoms with Crippen LogP contribution in [0.1, 0.15) is 82.1 Å². The lowest BCUT2D eigenvalue weighted by molar-refractivity contribution is -0.00564. The average Bonchev–Trinajstić information content (AvgIpc) is 3.63. The van der Waals surface area contributed by atoms with Gasteiger partial charge in [0.2, 0.25) is 5.82 Å². The Labute approximate surface area is 284 Å². The van der Waals surface area contributed by atoms with Crippen molar-refractivity contribution in [2.45, 2.75) is 89.6 Å². The molecule has 1 N–H and O–H groups in total. The van der Waals surface area contributed by atoms with Crippen molar-refractivity contribution in [1.82, 2.24) is 15.1 Å². The summed E-state index contributed by atoms with van der Waals surface area (Å²) in [6.45, 7) is 8.24. The number of nitrogens with one attached hydrogen (secondary N) is 1. The van der Waals surface area contributed by atoms with Crippen molar-refractivity contribution in [2.24, 2.45) is 5.41 Å². The van der Waals surface area contributed by atoms with Gasteiger partial charge in [-0.05, 0) is 107 Å². The lowest BCUT2D eigenvalue weighted by Gasteiger charge is -2.53. The fourth-order valence-electron chi connectivity index (χ4n) is 7.37. The van der Waals surface area contributed by atoms with Crippen LogP contribution >= 0.6 is 0 Å². The smallest absolute Gasteiger partial charge is 0.494 e. The van der Waals surface area contributed by atoms with Gasteiger partial charge in [0.1, 0.15) is 12.4 Å². The van der Waals surface area contributed by atoms with Crippen LogP contribution in [0.2, 0.25) is 0 Å². The molecule has 49 heavy (non-hydrogen) atoms. The first kappa shape index (κ1) is 33.5. The summed E-state index contributed by atoms with van der Waals surface area (Å²) in [6, 6.07) is 13.5. The molecule has 4 aromatic rings. The molecule has 0 unspecified atom stereocenters. The van der Waals surface area contributed by atoms with E-state index in [0.717, 1.165) is 54.9 Å². The summed E-state index contributed by atoms with van der Waals surface area (Å²) >= 11 is 0. The van der Waals surface area contributed by atoms with Crippen LogP contribution in [0, 0.1) is 22.9 Å². The minimum atomic E-state index is -1.54. The number of carbonyl (C=O) groups is 1. The molecule has 4 aliphatic rings. The molecule has 1 amide bonds. The number of halogens is 3. The number of rotatable bonds is 9. The molecule has 1 aliphatic heterocycles. The van der Waals surface area contributed by atoms with Crippen LogP contribution in [-0.4, -0.2) is 47.7 Å². The van der Waals surface area contributed by atoms with Gasteiger partial charge >= 0.3 is 7.12 Å². The number of carbonyl (C=O) groups excluding carboxylic acids is 1. The second kappa shape index (κ2) is 12.1. The van der Waals surface area contributed by atoms with Crippen molar-refractivity contribution in [3.63, 3.8) is 0 Å². The van der Waals surface area contributed by atoms with E-state index in [2.05, 4.69) is 22.3 Å². The quantitative estimate of drug-likeness (QED) is 0.155. The van der Waals surface area contributed by atoms with E-state index >= 15 is 4.39 Å². The van der Waals surface area contributed by atoms with Crippen LogP contribution in [0.3, 0.4) is 0 Å². The van der Waals surface area contributed by atoms with Crippen LogP contribution in [0.5, 0.6) is 11.5 Å². The molecule has 4 fully saturated rings. The number of aromatic nitrogens is 2. The molecule has 8 nitrogen and oxygen atoms in total. The zero-order chi connectivity index (χ0) is 34.8. The molecule has 8 rings (SSSR count). The van der Waals surface area contributed by atoms with Crippen molar-refractivity contribution in [1.29, 1.82) is 0 Å². The van der Waals surface area contributed by atoms with Gasteiger partial charge in [-0.3, -0.25) is 9.48 Å². The minimum Gasteiger partial charge on any atom is -0.497 e. The fraction of sp³-hybridized carbons (Fsp3) is 0.459. The van der Waals surface area contributed by atoms with Crippen LogP contribution in [-0.2, 0) is 21.5 Å². The topological polar surface area (TPSA) is 83.8 Å². The van der Waals surface area contributed by atoms with E-state index in [4.69, 9.17) is 23.9 Å². The van der Waals surface area contributed by atoms with Crippen LogP contribution < -0.4 is 20.3 Å². The van der Waals surface area contributed by atoms with E-state index in [-0.39, 0.29) is 17.6 Å². The van der Waals surface area contributed by atoms with Crippen LogP contribution in [0.25, 0.3) is 10.9 Å². The number of methoxy groups -OCH3 is 1. The van der Waals surface area contributed by atoms with Gasteiger partial charge in [-0.15, -0.1) is 0 Å². The Morgan fingerprint density at radius 3 is 2.20 bits per heavy atom. The molecule has 0 radical (unpaired) electrons. The average molecular weight is 676 g/mol. The molecule has 1 saturated heterocycles. The van der Waals surface area contributed by atoms with Gasteiger partial charge in [-0.25, -0.2) is 8.78 Å². The third kappa shape index (κ3) is 5.96. The molecular weight excluding hydrogens is 634 g/mol. The highest BCUT2D eigenvalue weighted by atomic mass is 19.2. The van der Waals surface area contributed by atoms with E-state index in [9.17, 15) is 13.6 Å². The number of benzene rings is 3. The van der Waals surface area contributed by atoms with Gasteiger partial charge in [0.15, 0.2) is 17.4 Å². The first-order chi connectivity index (χ1) is 23.2. The maximum Gasteiger partial charge on any atom is 0.494 e. The Balaban J connectivity index is 0.984. The third-order valence-corrected chi connectivity index (χ3v) is 11.4. The Morgan fingerprint density at radius 2 is 1.57 bits per heavy atom. The van der Waals surface area contributed by atoms with Gasteiger partial charge in [0.25, 0.3) is 5.91 Å². The number of ether oxygens (including phenoxy) is 2. The zero-order valence-corrected chi connectivity index (χ0v) is 28.5. The summed E-state index contributed by atoms with van der Waals surface area (Å²) in [6.07, 6.45) is 7.25. The molecule has 2 bridgehead atoms. The van der Waals surface area contributed by atoms with Crippen LogP contribution in [0.4, 0.5) is 13.2 Å². The maximum atomic E-state index is 15.1. The summed E-state index contributed by atoms with van der Waals surface area (Å²) in [5.41, 5.74) is 0.570. The van der Waals surface area contributed by atoms with Gasteiger partial charge in [-0.1, -0.05) is 24.3 Å². The fourth-order valence-corrected chi connectivity index (χ4v) is 7.37. The number of nitrogens with zero attached hydrogens (tertiary/aromatic N) is 2. The van der Waals surface area contributed by atoms with Gasteiger partial charge < -0.3 is 24.1 Å². The lowest BCUT2D eigenvalue weighted by atomic mass is 9.57. The first-order valence-electron chi connectivity index (χ1n) is 16.8. The summed E-state index contributed by atoms with van der Waals surface area (Å²) in [5.74, 6) is -5.24. The van der Waals surface area contributed by atoms with E-state index < -0.39 is 53.0 Å². The molecule has 3 aliphatic carbocycles. The first-order valence-corrected chi connectivity index (χ1v) is 16.8. The predicted octanol–water partition coefficient (Wildman–Crippen LogP) is 6.82. The molecule has 3 saturated carbocycles. The van der Waals surface area contributed by atoms with Crippen molar-refractivity contribution < 1.29 is 36.7 Å². The molecular formula is C37H41BF3N3O5. The molecule has 258 valence electrons. The second-order valence-corrected chi connectivity index (χ2v) is 14.9. The zero-order valence-electron chi connectivity index (χ0n) is 28.5. The van der Waals surface area contributed by atoms with Crippen molar-refractivity contribution in [3.8, 4) is 11.5 Å². The van der Waals surface area contributed by atoms with E-state index in [0.29, 0.717) is 23.9 Å². The Morgan fingerprint density at radius 1 is 0.918 bits per heavy atom. The highest BCUT2D eigenvalue weighted by Gasteiger charge is 2.52. The predicted molar refractivity (Wildman–Crippen MR) is 180 cm³/mol. The summed E-state index contributed by atoms with van der Waals surface area (Å²) < 4.78 is 69.9. The molecule has 0 atom stereocenters. The van der Waals surface area contributed by atoms with Gasteiger partial charge in [-0.2, -0.15) is 9.49 Å². The number of hydrogen-bond acceptors (Lipinski definition) is 6. The molecule has 2 heterocycles. The number of hydrogen-bond donors (Lipinski definition) is 1. The second-order valence-electron chi connectivity index (χ2n) is 14.9. The van der Waals surface area contributed by atoms with Gasteiger partial charge in [0, 0.05) is 18.1 Å². The van der Waals surface area contributed by atoms with Crippen molar-refractivity contribution >= 4 is 29.4 Å². The number of amides is 1. The molecule has 1 aromatic heterocycles. The normalized spacial score (nSPS) is 24.0. The summed E-state index contributed by atoms with van der Waals surface area (Å²) in [4.78, 5) is 13.0. The Kier molecular flexibility index (Phi) is 8.26. The Hall–Kier alpha value is -4.03. The van der Waals surface area contributed by atoms with E-state index in [1.165, 1.54) is 7.11 Å². The monoisotopic (exact) mass is 675 g/mol. The summed E-state index contributed by atoms with van der Waals surface area (Å²) in [7, 11) is 1.06. The minimum absolute atomic E-state index is 0.130. The third-order valence-electron chi connectivity index (χ3n) is 11.4. The van der Waals surface area contributed by atoms with Crippen molar-refractivity contribution in [3.05, 3.63) is 83.3 Å². The SMILES string of the molecule is COc1ccc(COc2c(F)cc(C(=O)NCC34CCC(n5cc6ccc(B7OC(C)(C)C(C)(C)O7)cc6n5)(CC3)CC4)c(F)c2F)cc1. The standard InChI is InChI=1S/C37H41BF3N3O5/c1-34(2)35(3,4)49-38(48-34)25-9-8-24-20-44(43-29(24)18-25)37-15-12-36(13-16-37,14-17-37)22-42-33(45)27-19-28(39)32(31(41)30(27)40)47-21-23-6-10-26(46-5)11-7-23/h6-11,18-20H,12-17,21-22H2,1-5H3,(H,42,45). The van der Waals surface area contributed by atoms with Gasteiger partial charge in [0.05, 0.1) is 34.9 Å². The van der Waals surface area contributed by atoms with E-state index in [1.54, 1.807) is 24.3 Å². The van der Waals surface area contributed by atoms with E-state index in [1.807, 2.05) is 39.8 Å². The maximum absolute atomic E-state index is 15.1. The Bertz CT molecular complexity index is 1870. The molecule has 12 heteroatoms. The lowest BCUT2D eigenvalue weighted by Crippen LogP contribution is -2.51. The highest BCUT2D eigenvalue weighted by Crippen LogP contribution is 2.55. The molecule has 0 spiro atoms. The summed E-state index contributed by atoms with van der Waals surface area (Å²) in [5, 5.41) is 8.84. The van der Waals surface area contributed by atoms with Crippen LogP contribution in [0.15, 0.2) is 54.7 Å². The molecule has 3 aromatic carbocycles.